The molecule has 2 unspecified atom stereocenters. The lowest BCUT2D eigenvalue weighted by atomic mass is 9.81. The van der Waals surface area contributed by atoms with Crippen LogP contribution in [0.3, 0.4) is 0 Å². The Morgan fingerprint density at radius 3 is 2.48 bits per heavy atom. The number of hydrogen-bond acceptors (Lipinski definition) is 5. The van der Waals surface area contributed by atoms with E-state index in [0.29, 0.717) is 5.25 Å². The zero-order valence-electron chi connectivity index (χ0n) is 13.2. The highest BCUT2D eigenvalue weighted by molar-refractivity contribution is 7.99. The van der Waals surface area contributed by atoms with Gasteiger partial charge in [0.1, 0.15) is 0 Å². The van der Waals surface area contributed by atoms with Crippen molar-refractivity contribution < 1.29 is 4.79 Å². The standard InChI is InChI=1S/C15H24N4OS/c1-9-10(2)18-14(19-11(9)3)21-12-6-5-7-15(8-12,17-4)13(16)20/h12,17H,5-8H2,1-4H3,(H2,16,20). The number of nitrogens with two attached hydrogens (primary N) is 1. The molecule has 0 aliphatic heterocycles. The molecule has 1 amide bonds. The molecular formula is C15H24N4OS. The molecule has 1 fully saturated rings. The number of rotatable bonds is 4. The fraction of sp³-hybridized carbons (Fsp3) is 0.667. The highest BCUT2D eigenvalue weighted by Gasteiger charge is 2.40. The second-order valence-electron chi connectivity index (χ2n) is 5.83. The average Bonchev–Trinajstić information content (AvgIpc) is 2.44. The number of thioether (sulfide) groups is 1. The molecule has 1 aliphatic carbocycles. The summed E-state index contributed by atoms with van der Waals surface area (Å²) in [6.45, 7) is 6.06. The largest absolute Gasteiger partial charge is 0.368 e. The average molecular weight is 308 g/mol. The van der Waals surface area contributed by atoms with Crippen LogP contribution in [0.15, 0.2) is 5.16 Å². The minimum atomic E-state index is -0.579. The number of likely N-dealkylation sites (N-methyl/N-ethyl adjacent to an activating group) is 1. The number of nitrogens with zero attached hydrogens (tertiary/aromatic N) is 2. The van der Waals surface area contributed by atoms with Crippen molar-refractivity contribution in [2.24, 2.45) is 5.73 Å². The first-order chi connectivity index (χ1) is 9.88. The zero-order chi connectivity index (χ0) is 15.6. The number of amides is 1. The zero-order valence-corrected chi connectivity index (χ0v) is 14.0. The number of carbonyl (C=O) groups is 1. The van der Waals surface area contributed by atoms with Crippen LogP contribution < -0.4 is 11.1 Å². The van der Waals surface area contributed by atoms with Gasteiger partial charge in [0.25, 0.3) is 0 Å². The first-order valence-electron chi connectivity index (χ1n) is 7.35. The number of hydrogen-bond donors (Lipinski definition) is 2. The molecule has 1 heterocycles. The van der Waals surface area contributed by atoms with Crippen molar-refractivity contribution in [3.8, 4) is 0 Å². The SMILES string of the molecule is CNC1(C(N)=O)CCCC(Sc2nc(C)c(C)c(C)n2)C1. The molecule has 2 atom stereocenters. The summed E-state index contributed by atoms with van der Waals surface area (Å²) in [5.41, 5.74) is 8.21. The van der Waals surface area contributed by atoms with Gasteiger partial charge in [0.05, 0.1) is 5.54 Å². The molecule has 1 aliphatic rings. The van der Waals surface area contributed by atoms with E-state index in [0.717, 1.165) is 47.8 Å². The Labute approximate surface area is 130 Å². The summed E-state index contributed by atoms with van der Waals surface area (Å²) in [7, 11) is 1.81. The van der Waals surface area contributed by atoms with Crippen molar-refractivity contribution >= 4 is 17.7 Å². The van der Waals surface area contributed by atoms with Crippen molar-refractivity contribution in [3.05, 3.63) is 17.0 Å². The Morgan fingerprint density at radius 1 is 1.33 bits per heavy atom. The quantitative estimate of drug-likeness (QED) is 0.830. The summed E-state index contributed by atoms with van der Waals surface area (Å²) >= 11 is 1.67. The highest BCUT2D eigenvalue weighted by atomic mass is 32.2. The number of carbonyl (C=O) groups excluding carboxylic acids is 1. The minimum absolute atomic E-state index is 0.257. The van der Waals surface area contributed by atoms with E-state index >= 15 is 0 Å². The van der Waals surface area contributed by atoms with Gasteiger partial charge in [0, 0.05) is 16.6 Å². The second-order valence-corrected chi connectivity index (χ2v) is 7.10. The van der Waals surface area contributed by atoms with Crippen molar-refractivity contribution in [2.75, 3.05) is 7.05 Å². The molecule has 0 aromatic carbocycles. The van der Waals surface area contributed by atoms with Gasteiger partial charge in [-0.05, 0) is 59.1 Å². The summed E-state index contributed by atoms with van der Waals surface area (Å²) in [6, 6.07) is 0. The van der Waals surface area contributed by atoms with E-state index in [1.54, 1.807) is 11.8 Å². The van der Waals surface area contributed by atoms with Gasteiger partial charge in [-0.3, -0.25) is 4.79 Å². The maximum atomic E-state index is 11.8. The predicted molar refractivity (Wildman–Crippen MR) is 85.3 cm³/mol. The highest BCUT2D eigenvalue weighted by Crippen LogP contribution is 2.37. The van der Waals surface area contributed by atoms with Crippen LogP contribution in [-0.2, 0) is 4.79 Å². The molecule has 0 spiro atoms. The molecule has 3 N–H and O–H groups in total. The van der Waals surface area contributed by atoms with Crippen LogP contribution >= 0.6 is 11.8 Å². The summed E-state index contributed by atoms with van der Waals surface area (Å²) in [6.07, 6.45) is 3.60. The molecule has 116 valence electrons. The van der Waals surface area contributed by atoms with Crippen LogP contribution in [0.2, 0.25) is 0 Å². The minimum Gasteiger partial charge on any atom is -0.368 e. The smallest absolute Gasteiger partial charge is 0.237 e. The Hall–Kier alpha value is -1.14. The predicted octanol–water partition coefficient (Wildman–Crippen LogP) is 1.88. The lowest BCUT2D eigenvalue weighted by Crippen LogP contribution is -2.57. The maximum Gasteiger partial charge on any atom is 0.237 e. The molecule has 2 rings (SSSR count). The van der Waals surface area contributed by atoms with Crippen molar-refractivity contribution in [1.29, 1.82) is 0 Å². The van der Waals surface area contributed by atoms with Gasteiger partial charge in [-0.2, -0.15) is 0 Å². The number of aryl methyl sites for hydroxylation is 2. The van der Waals surface area contributed by atoms with E-state index < -0.39 is 5.54 Å². The summed E-state index contributed by atoms with van der Waals surface area (Å²) in [5, 5.41) is 4.26. The van der Waals surface area contributed by atoms with Gasteiger partial charge in [-0.25, -0.2) is 9.97 Å². The van der Waals surface area contributed by atoms with Crippen LogP contribution in [0, 0.1) is 20.8 Å². The lowest BCUT2D eigenvalue weighted by molar-refractivity contribution is -0.125. The van der Waals surface area contributed by atoms with E-state index in [9.17, 15) is 4.79 Å². The van der Waals surface area contributed by atoms with Gasteiger partial charge >= 0.3 is 0 Å². The van der Waals surface area contributed by atoms with Gasteiger partial charge in [0.2, 0.25) is 5.91 Å². The topological polar surface area (TPSA) is 80.9 Å². The molecular weight excluding hydrogens is 284 g/mol. The first-order valence-corrected chi connectivity index (χ1v) is 8.23. The molecule has 1 aromatic heterocycles. The number of nitrogens with one attached hydrogen (secondary N) is 1. The van der Waals surface area contributed by atoms with E-state index in [4.69, 9.17) is 5.73 Å². The third kappa shape index (κ3) is 3.37. The van der Waals surface area contributed by atoms with Gasteiger partial charge < -0.3 is 11.1 Å². The Balaban J connectivity index is 2.15. The molecule has 0 saturated heterocycles. The van der Waals surface area contributed by atoms with Crippen LogP contribution in [0.4, 0.5) is 0 Å². The van der Waals surface area contributed by atoms with E-state index in [1.165, 1.54) is 0 Å². The molecule has 21 heavy (non-hydrogen) atoms. The number of aromatic nitrogens is 2. The summed E-state index contributed by atoms with van der Waals surface area (Å²) < 4.78 is 0. The second kappa shape index (κ2) is 6.32. The molecule has 1 aromatic rings. The van der Waals surface area contributed by atoms with Crippen LogP contribution in [0.25, 0.3) is 0 Å². The van der Waals surface area contributed by atoms with Crippen molar-refractivity contribution in [3.63, 3.8) is 0 Å². The molecule has 1 saturated carbocycles. The molecule has 6 heteroatoms. The normalized spacial score (nSPS) is 25.8. The van der Waals surface area contributed by atoms with Crippen molar-refractivity contribution in [1.82, 2.24) is 15.3 Å². The molecule has 5 nitrogen and oxygen atoms in total. The Bertz CT molecular complexity index is 525. The van der Waals surface area contributed by atoms with Gasteiger partial charge in [-0.1, -0.05) is 11.8 Å². The van der Waals surface area contributed by atoms with Crippen molar-refractivity contribution in [2.45, 2.75) is 62.4 Å². The number of primary amides is 1. The molecule has 0 radical (unpaired) electrons. The first kappa shape index (κ1) is 16.2. The van der Waals surface area contributed by atoms with E-state index in [2.05, 4.69) is 15.3 Å². The van der Waals surface area contributed by atoms with Crippen LogP contribution in [0.1, 0.15) is 42.6 Å². The van der Waals surface area contributed by atoms with Gasteiger partial charge in [-0.15, -0.1) is 0 Å². The third-order valence-corrected chi connectivity index (χ3v) is 5.67. The lowest BCUT2D eigenvalue weighted by Gasteiger charge is -2.37. The monoisotopic (exact) mass is 308 g/mol. The van der Waals surface area contributed by atoms with Crippen LogP contribution in [0.5, 0.6) is 0 Å². The van der Waals surface area contributed by atoms with E-state index in [-0.39, 0.29) is 5.91 Å². The maximum absolute atomic E-state index is 11.8. The van der Waals surface area contributed by atoms with Gasteiger partial charge in [0.15, 0.2) is 5.16 Å². The fourth-order valence-corrected chi connectivity index (χ4v) is 4.17. The third-order valence-electron chi connectivity index (χ3n) is 4.54. The Kier molecular flexibility index (Phi) is 4.88. The summed E-state index contributed by atoms with van der Waals surface area (Å²) in [5.74, 6) is -0.257. The summed E-state index contributed by atoms with van der Waals surface area (Å²) in [4.78, 5) is 20.9. The van der Waals surface area contributed by atoms with E-state index in [1.807, 2.05) is 27.8 Å². The molecule has 0 bridgehead atoms. The Morgan fingerprint density at radius 2 is 1.95 bits per heavy atom. The van der Waals surface area contributed by atoms with Crippen LogP contribution in [-0.4, -0.2) is 33.7 Å². The fourth-order valence-electron chi connectivity index (χ4n) is 2.84.